The number of hydrogen-bond donors (Lipinski definition) is 1. The van der Waals surface area contributed by atoms with E-state index in [1.165, 1.54) is 0 Å². The van der Waals surface area contributed by atoms with Gasteiger partial charge in [-0.2, -0.15) is 0 Å². The van der Waals surface area contributed by atoms with Gasteiger partial charge in [-0.25, -0.2) is 0 Å². The number of carbonyl (C=O) groups is 2. The number of nitrogens with one attached hydrogen (secondary N) is 1. The number of amides is 2. The van der Waals surface area contributed by atoms with Gasteiger partial charge in [0.05, 0.1) is 6.04 Å². The molecule has 2 aromatic rings. The number of nitrogens with zero attached hydrogens (tertiary/aromatic N) is 2. The van der Waals surface area contributed by atoms with Crippen molar-refractivity contribution in [3.63, 3.8) is 0 Å². The number of ether oxygens (including phenoxy) is 1. The molecule has 1 atom stereocenters. The van der Waals surface area contributed by atoms with Gasteiger partial charge in [-0.15, -0.1) is 0 Å². The molecule has 33 heavy (non-hydrogen) atoms. The average Bonchev–Trinajstić information content (AvgIpc) is 3.33. The van der Waals surface area contributed by atoms with Crippen LogP contribution in [-0.4, -0.2) is 60.4 Å². The van der Waals surface area contributed by atoms with Gasteiger partial charge in [0.15, 0.2) is 6.61 Å². The van der Waals surface area contributed by atoms with Gasteiger partial charge in [-0.05, 0) is 61.2 Å². The first-order valence-electron chi connectivity index (χ1n) is 11.5. The quantitative estimate of drug-likeness (QED) is 0.611. The fraction of sp³-hybridized carbons (Fsp3) is 0.440. The molecule has 8 heteroatoms. The number of anilines is 1. The Labute approximate surface area is 204 Å². The summed E-state index contributed by atoms with van der Waals surface area (Å²) in [5.41, 5.74) is 0.712. The highest BCUT2D eigenvalue weighted by atomic mass is 35.5. The summed E-state index contributed by atoms with van der Waals surface area (Å²) in [6, 6.07) is 14.0. The summed E-state index contributed by atoms with van der Waals surface area (Å²) in [5, 5.41) is 4.28. The van der Waals surface area contributed by atoms with Crippen LogP contribution >= 0.6 is 23.2 Å². The lowest BCUT2D eigenvalue weighted by molar-refractivity contribution is -0.136. The zero-order valence-corrected chi connectivity index (χ0v) is 20.0. The molecule has 0 spiro atoms. The lowest BCUT2D eigenvalue weighted by atomic mass is 9.95. The van der Waals surface area contributed by atoms with Crippen LogP contribution in [0, 0.1) is 5.92 Å². The van der Waals surface area contributed by atoms with Gasteiger partial charge in [0, 0.05) is 41.9 Å². The average molecular weight is 490 g/mol. The Kier molecular flexibility index (Phi) is 8.12. The standard InChI is InChI=1S/C25H29Cl2N3O3/c26-19-8-10-22(11-9-19)33-17-23(31)29-12-14-30(15-13-29)24(18-4-1-2-5-18)25(32)28-21-7-3-6-20(27)16-21/h3,6-11,16,18,24H,1-2,4-5,12-15,17H2,(H,28,32)/t24-/m1/s1. The van der Waals surface area contributed by atoms with Crippen molar-refractivity contribution >= 4 is 40.7 Å². The molecule has 1 saturated heterocycles. The molecule has 4 rings (SSSR count). The summed E-state index contributed by atoms with van der Waals surface area (Å²) in [6.07, 6.45) is 4.43. The van der Waals surface area contributed by atoms with Gasteiger partial charge in [0.1, 0.15) is 5.75 Å². The van der Waals surface area contributed by atoms with Crippen LogP contribution in [0.1, 0.15) is 25.7 Å². The number of piperazine rings is 1. The van der Waals surface area contributed by atoms with E-state index in [0.717, 1.165) is 25.7 Å². The highest BCUT2D eigenvalue weighted by molar-refractivity contribution is 6.31. The van der Waals surface area contributed by atoms with E-state index in [9.17, 15) is 9.59 Å². The third-order valence-electron chi connectivity index (χ3n) is 6.44. The summed E-state index contributed by atoms with van der Waals surface area (Å²) in [4.78, 5) is 30.0. The van der Waals surface area contributed by atoms with Gasteiger partial charge in [0.25, 0.3) is 5.91 Å². The molecule has 2 aliphatic rings. The van der Waals surface area contributed by atoms with E-state index >= 15 is 0 Å². The molecular weight excluding hydrogens is 461 g/mol. The maximum atomic E-state index is 13.3. The van der Waals surface area contributed by atoms with Gasteiger partial charge >= 0.3 is 0 Å². The molecule has 1 N–H and O–H groups in total. The lowest BCUT2D eigenvalue weighted by Crippen LogP contribution is -2.57. The van der Waals surface area contributed by atoms with E-state index < -0.39 is 0 Å². The van der Waals surface area contributed by atoms with E-state index in [2.05, 4.69) is 10.2 Å². The van der Waals surface area contributed by atoms with Crippen LogP contribution in [0.3, 0.4) is 0 Å². The third kappa shape index (κ3) is 6.40. The van der Waals surface area contributed by atoms with Crippen LogP contribution < -0.4 is 10.1 Å². The van der Waals surface area contributed by atoms with E-state index in [0.29, 0.717) is 53.6 Å². The van der Waals surface area contributed by atoms with Crippen LogP contribution in [0.2, 0.25) is 10.0 Å². The zero-order valence-electron chi connectivity index (χ0n) is 18.5. The Morgan fingerprint density at radius 1 is 0.970 bits per heavy atom. The second-order valence-electron chi connectivity index (χ2n) is 8.65. The number of benzene rings is 2. The van der Waals surface area contributed by atoms with E-state index in [1.54, 1.807) is 36.4 Å². The molecule has 0 unspecified atom stereocenters. The smallest absolute Gasteiger partial charge is 0.260 e. The lowest BCUT2D eigenvalue weighted by Gasteiger charge is -2.40. The first-order valence-corrected chi connectivity index (χ1v) is 12.2. The fourth-order valence-electron chi connectivity index (χ4n) is 4.75. The van der Waals surface area contributed by atoms with Crippen LogP contribution in [0.15, 0.2) is 48.5 Å². The SMILES string of the molecule is O=C(Nc1cccc(Cl)c1)[C@@H](C1CCCC1)N1CCN(C(=O)COc2ccc(Cl)cc2)CC1. The summed E-state index contributed by atoms with van der Waals surface area (Å²) in [5.74, 6) is 0.908. The highest BCUT2D eigenvalue weighted by Crippen LogP contribution is 2.32. The first-order chi connectivity index (χ1) is 16.0. The monoisotopic (exact) mass is 489 g/mol. The molecule has 2 fully saturated rings. The van der Waals surface area contributed by atoms with E-state index in [-0.39, 0.29) is 24.5 Å². The second kappa shape index (κ2) is 11.2. The van der Waals surface area contributed by atoms with Crippen LogP contribution in [-0.2, 0) is 9.59 Å². The molecule has 1 saturated carbocycles. The van der Waals surface area contributed by atoms with Crippen LogP contribution in [0.4, 0.5) is 5.69 Å². The number of halogens is 2. The van der Waals surface area contributed by atoms with Crippen molar-refractivity contribution in [3.05, 3.63) is 58.6 Å². The predicted octanol–water partition coefficient (Wildman–Crippen LogP) is 4.71. The summed E-state index contributed by atoms with van der Waals surface area (Å²) in [7, 11) is 0. The molecule has 1 heterocycles. The highest BCUT2D eigenvalue weighted by Gasteiger charge is 2.37. The third-order valence-corrected chi connectivity index (χ3v) is 6.93. The predicted molar refractivity (Wildman–Crippen MR) is 131 cm³/mol. The number of carbonyl (C=O) groups excluding carboxylic acids is 2. The molecule has 0 radical (unpaired) electrons. The topological polar surface area (TPSA) is 61.9 Å². The maximum absolute atomic E-state index is 13.3. The molecule has 0 aromatic heterocycles. The Bertz CT molecular complexity index is 956. The number of hydrogen-bond acceptors (Lipinski definition) is 4. The minimum absolute atomic E-state index is 0.00927. The molecule has 1 aliphatic heterocycles. The molecular formula is C25H29Cl2N3O3. The van der Waals surface area contributed by atoms with Gasteiger partial charge < -0.3 is 15.0 Å². The maximum Gasteiger partial charge on any atom is 0.260 e. The molecule has 0 bridgehead atoms. The summed E-state index contributed by atoms with van der Waals surface area (Å²) >= 11 is 12.0. The first kappa shape index (κ1) is 23.9. The Balaban J connectivity index is 1.34. The second-order valence-corrected chi connectivity index (χ2v) is 9.52. The number of rotatable bonds is 7. The molecule has 176 valence electrons. The van der Waals surface area contributed by atoms with Crippen molar-refractivity contribution < 1.29 is 14.3 Å². The van der Waals surface area contributed by atoms with Gasteiger partial charge in [0.2, 0.25) is 5.91 Å². The van der Waals surface area contributed by atoms with Crippen molar-refractivity contribution in [3.8, 4) is 5.75 Å². The van der Waals surface area contributed by atoms with Crippen molar-refractivity contribution in [1.82, 2.24) is 9.80 Å². The van der Waals surface area contributed by atoms with Gasteiger partial charge in [-0.1, -0.05) is 42.1 Å². The Morgan fingerprint density at radius 2 is 1.67 bits per heavy atom. The Hall–Kier alpha value is -2.28. The van der Waals surface area contributed by atoms with Crippen LogP contribution in [0.5, 0.6) is 5.75 Å². The molecule has 2 amide bonds. The minimum Gasteiger partial charge on any atom is -0.484 e. The van der Waals surface area contributed by atoms with Crippen LogP contribution in [0.25, 0.3) is 0 Å². The normalized spacial score (nSPS) is 18.2. The van der Waals surface area contributed by atoms with Crippen molar-refractivity contribution in [1.29, 1.82) is 0 Å². The largest absolute Gasteiger partial charge is 0.484 e. The summed E-state index contributed by atoms with van der Waals surface area (Å²) in [6.45, 7) is 2.48. The molecule has 2 aromatic carbocycles. The van der Waals surface area contributed by atoms with Crippen molar-refractivity contribution in [2.45, 2.75) is 31.7 Å². The molecule has 1 aliphatic carbocycles. The Morgan fingerprint density at radius 3 is 2.33 bits per heavy atom. The van der Waals surface area contributed by atoms with E-state index in [4.69, 9.17) is 27.9 Å². The van der Waals surface area contributed by atoms with Crippen molar-refractivity contribution in [2.24, 2.45) is 5.92 Å². The summed E-state index contributed by atoms with van der Waals surface area (Å²) < 4.78 is 5.61. The zero-order chi connectivity index (χ0) is 23.2. The molecule has 6 nitrogen and oxygen atoms in total. The van der Waals surface area contributed by atoms with Gasteiger partial charge in [-0.3, -0.25) is 14.5 Å². The minimum atomic E-state index is -0.200. The fourth-order valence-corrected chi connectivity index (χ4v) is 5.07. The van der Waals surface area contributed by atoms with Crippen molar-refractivity contribution in [2.75, 3.05) is 38.1 Å². The van der Waals surface area contributed by atoms with E-state index in [1.807, 2.05) is 17.0 Å².